The van der Waals surface area contributed by atoms with Crippen LogP contribution in [0.25, 0.3) is 0 Å². The van der Waals surface area contributed by atoms with Gasteiger partial charge in [0.2, 0.25) is 0 Å². The lowest BCUT2D eigenvalue weighted by atomic mass is 10.1. The van der Waals surface area contributed by atoms with E-state index in [0.717, 1.165) is 6.54 Å². The Hall–Kier alpha value is -0.860. The Morgan fingerprint density at radius 2 is 1.73 bits per heavy atom. The van der Waals surface area contributed by atoms with Crippen molar-refractivity contribution < 1.29 is 4.74 Å². The first-order valence-corrected chi connectivity index (χ1v) is 5.38. The van der Waals surface area contributed by atoms with Crippen LogP contribution in [0.15, 0.2) is 24.3 Å². The van der Waals surface area contributed by atoms with Gasteiger partial charge in [-0.2, -0.15) is 0 Å². The Balaban J connectivity index is 2.67. The van der Waals surface area contributed by atoms with Crippen LogP contribution in [-0.2, 0) is 17.9 Å². The lowest BCUT2D eigenvalue weighted by Gasteiger charge is -2.20. The number of rotatable bonds is 4. The van der Waals surface area contributed by atoms with Crippen molar-refractivity contribution >= 4 is 0 Å². The van der Waals surface area contributed by atoms with E-state index in [0.29, 0.717) is 6.61 Å². The van der Waals surface area contributed by atoms with Crippen LogP contribution in [0.1, 0.15) is 31.9 Å². The smallest absolute Gasteiger partial charge is 0.0727 e. The molecule has 0 unspecified atom stereocenters. The Labute approximate surface area is 92.6 Å². The topological polar surface area (TPSA) is 21.3 Å². The lowest BCUT2D eigenvalue weighted by Crippen LogP contribution is -2.19. The number of nitrogens with one attached hydrogen (secondary N) is 1. The normalized spacial score (nSPS) is 11.7. The summed E-state index contributed by atoms with van der Waals surface area (Å²) in [6.45, 7) is 7.81. The fourth-order valence-corrected chi connectivity index (χ4v) is 1.36. The maximum atomic E-state index is 5.77. The molecule has 0 radical (unpaired) electrons. The summed E-state index contributed by atoms with van der Waals surface area (Å²) < 4.78 is 5.77. The van der Waals surface area contributed by atoms with Crippen molar-refractivity contribution in [3.63, 3.8) is 0 Å². The Bertz CT molecular complexity index is 302. The van der Waals surface area contributed by atoms with Crippen molar-refractivity contribution in [1.82, 2.24) is 5.32 Å². The van der Waals surface area contributed by atoms with Crippen molar-refractivity contribution in [2.24, 2.45) is 0 Å². The summed E-state index contributed by atoms with van der Waals surface area (Å²) in [4.78, 5) is 0. The van der Waals surface area contributed by atoms with Crippen LogP contribution in [0.4, 0.5) is 0 Å². The molecule has 0 spiro atoms. The molecule has 1 N–H and O–H groups in total. The zero-order valence-corrected chi connectivity index (χ0v) is 10.1. The van der Waals surface area contributed by atoms with Crippen LogP contribution in [0.5, 0.6) is 0 Å². The molecule has 0 aromatic heterocycles. The van der Waals surface area contributed by atoms with Crippen LogP contribution in [0.3, 0.4) is 0 Å². The van der Waals surface area contributed by atoms with Crippen LogP contribution < -0.4 is 5.32 Å². The van der Waals surface area contributed by atoms with Gasteiger partial charge in [0, 0.05) is 6.54 Å². The number of ether oxygens (including phenoxy) is 1. The minimum absolute atomic E-state index is 0.0766. The molecule has 1 rings (SSSR count). The molecule has 0 saturated carbocycles. The largest absolute Gasteiger partial charge is 0.371 e. The average molecular weight is 207 g/mol. The molecule has 1 aromatic rings. The van der Waals surface area contributed by atoms with Gasteiger partial charge in [-0.1, -0.05) is 24.3 Å². The first-order chi connectivity index (χ1) is 7.03. The summed E-state index contributed by atoms with van der Waals surface area (Å²) in [5.74, 6) is 0. The molecule has 0 saturated heterocycles. The molecule has 0 heterocycles. The zero-order valence-electron chi connectivity index (χ0n) is 10.1. The van der Waals surface area contributed by atoms with E-state index in [1.165, 1.54) is 11.1 Å². The van der Waals surface area contributed by atoms with E-state index in [4.69, 9.17) is 4.74 Å². The van der Waals surface area contributed by atoms with Crippen LogP contribution >= 0.6 is 0 Å². The molecule has 84 valence electrons. The van der Waals surface area contributed by atoms with E-state index < -0.39 is 0 Å². The van der Waals surface area contributed by atoms with Crippen molar-refractivity contribution in [3.05, 3.63) is 35.4 Å². The third-order valence-corrected chi connectivity index (χ3v) is 2.15. The molecule has 0 atom stereocenters. The zero-order chi connectivity index (χ0) is 11.3. The molecule has 1 aromatic carbocycles. The molecule has 2 nitrogen and oxygen atoms in total. The van der Waals surface area contributed by atoms with Crippen molar-refractivity contribution in [2.75, 3.05) is 7.05 Å². The number of hydrogen-bond donors (Lipinski definition) is 1. The van der Waals surface area contributed by atoms with Gasteiger partial charge in [-0.15, -0.1) is 0 Å². The summed E-state index contributed by atoms with van der Waals surface area (Å²) in [6.07, 6.45) is 0. The quantitative estimate of drug-likeness (QED) is 0.819. The van der Waals surface area contributed by atoms with E-state index in [1.54, 1.807) is 0 Å². The van der Waals surface area contributed by atoms with E-state index in [9.17, 15) is 0 Å². The first-order valence-electron chi connectivity index (χ1n) is 5.38. The highest BCUT2D eigenvalue weighted by atomic mass is 16.5. The van der Waals surface area contributed by atoms with Gasteiger partial charge in [0.05, 0.1) is 12.2 Å². The van der Waals surface area contributed by atoms with Gasteiger partial charge in [-0.25, -0.2) is 0 Å². The van der Waals surface area contributed by atoms with Gasteiger partial charge in [-0.3, -0.25) is 0 Å². The van der Waals surface area contributed by atoms with E-state index >= 15 is 0 Å². The maximum absolute atomic E-state index is 5.77. The van der Waals surface area contributed by atoms with Crippen LogP contribution in [0, 0.1) is 0 Å². The van der Waals surface area contributed by atoms with Crippen molar-refractivity contribution in [2.45, 2.75) is 39.5 Å². The first kappa shape index (κ1) is 12.2. The summed E-state index contributed by atoms with van der Waals surface area (Å²) in [6, 6.07) is 8.38. The van der Waals surface area contributed by atoms with Crippen molar-refractivity contribution in [1.29, 1.82) is 0 Å². The average Bonchev–Trinajstić information content (AvgIpc) is 2.16. The van der Waals surface area contributed by atoms with Gasteiger partial charge >= 0.3 is 0 Å². The lowest BCUT2D eigenvalue weighted by molar-refractivity contribution is -0.0152. The van der Waals surface area contributed by atoms with Gasteiger partial charge in [0.25, 0.3) is 0 Å². The van der Waals surface area contributed by atoms with E-state index in [2.05, 4.69) is 50.4 Å². The van der Waals surface area contributed by atoms with Crippen LogP contribution in [-0.4, -0.2) is 12.6 Å². The molecule has 0 aliphatic heterocycles. The molecule has 0 fully saturated rings. The summed E-state index contributed by atoms with van der Waals surface area (Å²) in [5, 5.41) is 3.17. The molecule has 0 bridgehead atoms. The highest BCUT2D eigenvalue weighted by molar-refractivity contribution is 5.26. The van der Waals surface area contributed by atoms with Crippen LogP contribution in [0.2, 0.25) is 0 Å². The highest BCUT2D eigenvalue weighted by Crippen LogP contribution is 2.15. The summed E-state index contributed by atoms with van der Waals surface area (Å²) in [7, 11) is 1.96. The fourth-order valence-electron chi connectivity index (χ4n) is 1.36. The molecule has 2 heteroatoms. The maximum Gasteiger partial charge on any atom is 0.0727 e. The Kier molecular flexibility index (Phi) is 4.30. The number of benzene rings is 1. The SMILES string of the molecule is CNCc1ccccc1COC(C)(C)C. The predicted octanol–water partition coefficient (Wildman–Crippen LogP) is 2.72. The highest BCUT2D eigenvalue weighted by Gasteiger charge is 2.11. The van der Waals surface area contributed by atoms with Gasteiger partial charge in [0.15, 0.2) is 0 Å². The Morgan fingerprint density at radius 3 is 2.27 bits per heavy atom. The minimum atomic E-state index is -0.0766. The van der Waals surface area contributed by atoms with Crippen molar-refractivity contribution in [3.8, 4) is 0 Å². The molecular weight excluding hydrogens is 186 g/mol. The van der Waals surface area contributed by atoms with Gasteiger partial charge in [-0.05, 0) is 38.9 Å². The van der Waals surface area contributed by atoms with E-state index in [1.807, 2.05) is 7.05 Å². The Morgan fingerprint density at radius 1 is 1.13 bits per heavy atom. The second-order valence-electron chi connectivity index (χ2n) is 4.70. The molecular formula is C13H21NO. The minimum Gasteiger partial charge on any atom is -0.371 e. The summed E-state index contributed by atoms with van der Waals surface area (Å²) >= 11 is 0. The van der Waals surface area contributed by atoms with Gasteiger partial charge < -0.3 is 10.1 Å². The summed E-state index contributed by atoms with van der Waals surface area (Å²) in [5.41, 5.74) is 2.50. The molecule has 15 heavy (non-hydrogen) atoms. The molecule has 0 aliphatic rings. The second kappa shape index (κ2) is 5.29. The van der Waals surface area contributed by atoms with Gasteiger partial charge in [0.1, 0.15) is 0 Å². The molecule has 0 aliphatic carbocycles. The number of hydrogen-bond acceptors (Lipinski definition) is 2. The third-order valence-electron chi connectivity index (χ3n) is 2.15. The standard InChI is InChI=1S/C13H21NO/c1-13(2,3)15-10-12-8-6-5-7-11(12)9-14-4/h5-8,14H,9-10H2,1-4H3. The molecule has 0 amide bonds. The monoisotopic (exact) mass is 207 g/mol. The van der Waals surface area contributed by atoms with E-state index in [-0.39, 0.29) is 5.60 Å². The second-order valence-corrected chi connectivity index (χ2v) is 4.70. The predicted molar refractivity (Wildman–Crippen MR) is 63.7 cm³/mol. The fraction of sp³-hybridized carbons (Fsp3) is 0.538. The third kappa shape index (κ3) is 4.45.